The lowest BCUT2D eigenvalue weighted by molar-refractivity contribution is 0.0544. The number of aromatic nitrogens is 1. The van der Waals surface area contributed by atoms with E-state index in [4.69, 9.17) is 4.74 Å². The fraction of sp³-hybridized carbons (Fsp3) is 0.333. The van der Waals surface area contributed by atoms with Gasteiger partial charge in [0.1, 0.15) is 16.6 Å². The molecule has 0 spiro atoms. The second-order valence-corrected chi connectivity index (χ2v) is 8.86. The number of sulfone groups is 1. The predicted molar refractivity (Wildman–Crippen MR) is 89.1 cm³/mol. The number of hydrogen-bond donors (Lipinski definition) is 0. The van der Waals surface area contributed by atoms with Crippen LogP contribution in [-0.4, -0.2) is 30.9 Å². The van der Waals surface area contributed by atoms with Gasteiger partial charge in [-0.1, -0.05) is 6.07 Å². The van der Waals surface area contributed by atoms with Crippen LogP contribution >= 0.6 is 15.9 Å². The van der Waals surface area contributed by atoms with Gasteiger partial charge in [0.25, 0.3) is 0 Å². The Bertz CT molecular complexity index is 946. The number of nitriles is 1. The first kappa shape index (κ1) is 17.5. The van der Waals surface area contributed by atoms with Crippen LogP contribution in [0.5, 0.6) is 0 Å². The molecule has 0 aliphatic heterocycles. The number of halogens is 1. The van der Waals surface area contributed by atoms with Crippen molar-refractivity contribution in [3.63, 3.8) is 0 Å². The van der Waals surface area contributed by atoms with Gasteiger partial charge in [0.05, 0.1) is 11.1 Å². The highest BCUT2D eigenvalue weighted by atomic mass is 79.9. The zero-order valence-corrected chi connectivity index (χ0v) is 15.4. The molecule has 0 aliphatic rings. The first-order chi connectivity index (χ1) is 10.5. The molecule has 8 heteroatoms. The summed E-state index contributed by atoms with van der Waals surface area (Å²) in [5.74, 6) is 0. The molecule has 0 saturated heterocycles. The summed E-state index contributed by atoms with van der Waals surface area (Å²) >= 11 is 3.31. The smallest absolute Gasteiger partial charge is 0.419 e. The molecule has 0 fully saturated rings. The van der Waals surface area contributed by atoms with E-state index < -0.39 is 21.5 Å². The standard InChI is InChI=1S/C15H15BrN2O4S/c1-15(2,3)22-14(19)18-8-11(16)10-6-5-9(7-17)13(12(10)18)23(4,20)21/h5-6,8H,1-4H3. The van der Waals surface area contributed by atoms with Crippen molar-refractivity contribution in [2.24, 2.45) is 0 Å². The molecule has 1 aromatic heterocycles. The lowest BCUT2D eigenvalue weighted by atomic mass is 10.2. The molecule has 0 bridgehead atoms. The van der Waals surface area contributed by atoms with Crippen LogP contribution in [0.3, 0.4) is 0 Å². The summed E-state index contributed by atoms with van der Waals surface area (Å²) in [5.41, 5.74) is -0.624. The highest BCUT2D eigenvalue weighted by molar-refractivity contribution is 9.10. The average Bonchev–Trinajstić information content (AvgIpc) is 2.72. The van der Waals surface area contributed by atoms with Crippen molar-refractivity contribution in [1.29, 1.82) is 5.26 Å². The summed E-state index contributed by atoms with van der Waals surface area (Å²) in [7, 11) is -3.73. The van der Waals surface area contributed by atoms with Crippen LogP contribution in [0.25, 0.3) is 10.9 Å². The lowest BCUT2D eigenvalue weighted by Gasteiger charge is -2.20. The van der Waals surface area contributed by atoms with E-state index in [2.05, 4.69) is 15.9 Å². The average molecular weight is 399 g/mol. The maximum absolute atomic E-state index is 12.4. The summed E-state index contributed by atoms with van der Waals surface area (Å²) in [6.45, 7) is 5.14. The normalized spacial score (nSPS) is 12.2. The van der Waals surface area contributed by atoms with E-state index in [1.807, 2.05) is 6.07 Å². The summed E-state index contributed by atoms with van der Waals surface area (Å²) in [4.78, 5) is 12.2. The fourth-order valence-electron chi connectivity index (χ4n) is 2.17. The molecule has 0 saturated carbocycles. The highest BCUT2D eigenvalue weighted by Crippen LogP contribution is 2.33. The molecule has 122 valence electrons. The topological polar surface area (TPSA) is 89.2 Å². The molecule has 0 radical (unpaired) electrons. The van der Waals surface area contributed by atoms with Crippen molar-refractivity contribution in [1.82, 2.24) is 4.57 Å². The van der Waals surface area contributed by atoms with Crippen LogP contribution in [0.15, 0.2) is 27.7 Å². The summed E-state index contributed by atoms with van der Waals surface area (Å²) in [6.07, 6.45) is 1.73. The van der Waals surface area contributed by atoms with Gasteiger partial charge in [0.2, 0.25) is 0 Å². The monoisotopic (exact) mass is 398 g/mol. The van der Waals surface area contributed by atoms with Gasteiger partial charge in [-0.15, -0.1) is 0 Å². The van der Waals surface area contributed by atoms with Crippen LogP contribution in [0.1, 0.15) is 26.3 Å². The maximum atomic E-state index is 12.4. The SMILES string of the molecule is CC(C)(C)OC(=O)n1cc(Br)c2ccc(C#N)c(S(C)(=O)=O)c21. The zero-order chi connectivity index (χ0) is 17.6. The van der Waals surface area contributed by atoms with Gasteiger partial charge in [-0.05, 0) is 42.8 Å². The maximum Gasteiger partial charge on any atom is 0.419 e. The lowest BCUT2D eigenvalue weighted by Crippen LogP contribution is -2.27. The predicted octanol–water partition coefficient (Wildman–Crippen LogP) is 3.46. The fourth-order valence-corrected chi connectivity index (χ4v) is 3.77. The third kappa shape index (κ3) is 3.41. The molecule has 1 heterocycles. The first-order valence-electron chi connectivity index (χ1n) is 6.63. The van der Waals surface area contributed by atoms with E-state index in [-0.39, 0.29) is 16.0 Å². The van der Waals surface area contributed by atoms with Crippen molar-refractivity contribution >= 4 is 42.8 Å². The zero-order valence-electron chi connectivity index (χ0n) is 13.0. The Balaban J connectivity index is 2.88. The molecule has 6 nitrogen and oxygen atoms in total. The Morgan fingerprint density at radius 2 is 1.96 bits per heavy atom. The molecule has 0 aliphatic carbocycles. The Morgan fingerprint density at radius 1 is 1.35 bits per heavy atom. The van der Waals surface area contributed by atoms with Gasteiger partial charge in [0, 0.05) is 22.3 Å². The van der Waals surface area contributed by atoms with Crippen molar-refractivity contribution in [3.8, 4) is 6.07 Å². The largest absolute Gasteiger partial charge is 0.443 e. The molecule has 0 unspecified atom stereocenters. The molecule has 0 atom stereocenters. The van der Waals surface area contributed by atoms with Gasteiger partial charge in [-0.25, -0.2) is 13.2 Å². The minimum atomic E-state index is -3.73. The summed E-state index contributed by atoms with van der Waals surface area (Å²) in [5, 5.41) is 9.72. The van der Waals surface area contributed by atoms with Crippen molar-refractivity contribution in [2.75, 3.05) is 6.26 Å². The molecule has 2 rings (SSSR count). The number of carbonyl (C=O) groups excluding carboxylic acids is 1. The minimum Gasteiger partial charge on any atom is -0.443 e. The molecule has 0 N–H and O–H groups in total. The van der Waals surface area contributed by atoms with Gasteiger partial charge >= 0.3 is 6.09 Å². The molecular weight excluding hydrogens is 384 g/mol. The number of carbonyl (C=O) groups is 1. The van der Waals surface area contributed by atoms with Crippen LogP contribution in [0, 0.1) is 11.3 Å². The minimum absolute atomic E-state index is 0.0181. The second-order valence-electron chi connectivity index (χ2n) is 6.05. The molecule has 23 heavy (non-hydrogen) atoms. The van der Waals surface area contributed by atoms with Crippen molar-refractivity contribution in [3.05, 3.63) is 28.4 Å². The number of ether oxygens (including phenoxy) is 1. The number of hydrogen-bond acceptors (Lipinski definition) is 5. The quantitative estimate of drug-likeness (QED) is 0.733. The number of rotatable bonds is 1. The van der Waals surface area contributed by atoms with Crippen LogP contribution in [0.2, 0.25) is 0 Å². The third-order valence-corrected chi connectivity index (χ3v) is 4.74. The van der Waals surface area contributed by atoms with Gasteiger partial charge in [-0.3, -0.25) is 4.57 Å². The number of nitrogens with zero attached hydrogens (tertiary/aromatic N) is 2. The molecular formula is C15H15BrN2O4S. The molecule has 0 amide bonds. The van der Waals surface area contributed by atoms with Gasteiger partial charge in [-0.2, -0.15) is 5.26 Å². The Hall–Kier alpha value is -1.85. The van der Waals surface area contributed by atoms with E-state index in [1.54, 1.807) is 26.8 Å². The second kappa shape index (κ2) is 5.65. The molecule has 2 aromatic rings. The van der Waals surface area contributed by atoms with Crippen LogP contribution in [0.4, 0.5) is 4.79 Å². The highest BCUT2D eigenvalue weighted by Gasteiger charge is 2.26. The van der Waals surface area contributed by atoms with E-state index in [0.29, 0.717) is 9.86 Å². The molecule has 1 aromatic carbocycles. The number of fused-ring (bicyclic) bond motifs is 1. The van der Waals surface area contributed by atoms with E-state index in [1.165, 1.54) is 12.3 Å². The first-order valence-corrected chi connectivity index (χ1v) is 9.31. The van der Waals surface area contributed by atoms with E-state index >= 15 is 0 Å². The van der Waals surface area contributed by atoms with Crippen molar-refractivity contribution in [2.45, 2.75) is 31.3 Å². The Kier molecular flexibility index (Phi) is 4.30. The summed E-state index contributed by atoms with van der Waals surface area (Å²) < 4.78 is 31.3. The van der Waals surface area contributed by atoms with E-state index in [9.17, 15) is 18.5 Å². The number of benzene rings is 1. The van der Waals surface area contributed by atoms with Gasteiger partial charge < -0.3 is 4.74 Å². The van der Waals surface area contributed by atoms with Crippen LogP contribution in [-0.2, 0) is 14.6 Å². The van der Waals surface area contributed by atoms with Crippen molar-refractivity contribution < 1.29 is 17.9 Å². The van der Waals surface area contributed by atoms with E-state index in [0.717, 1.165) is 10.8 Å². The van der Waals surface area contributed by atoms with Gasteiger partial charge in [0.15, 0.2) is 9.84 Å². The Morgan fingerprint density at radius 3 is 2.43 bits per heavy atom. The van der Waals surface area contributed by atoms with Crippen LogP contribution < -0.4 is 0 Å². The summed E-state index contributed by atoms with van der Waals surface area (Å²) in [6, 6.07) is 4.87. The third-order valence-electron chi connectivity index (χ3n) is 2.95. The Labute approximate surface area is 142 Å².